The Labute approximate surface area is 158 Å². The van der Waals surface area contributed by atoms with Crippen LogP contribution in [0.4, 0.5) is 4.79 Å². The van der Waals surface area contributed by atoms with Crippen LogP contribution >= 0.6 is 0 Å². The van der Waals surface area contributed by atoms with Crippen LogP contribution in [0.3, 0.4) is 0 Å². The van der Waals surface area contributed by atoms with Crippen molar-refractivity contribution in [2.45, 2.75) is 25.3 Å². The van der Waals surface area contributed by atoms with E-state index < -0.39 is 0 Å². The molecule has 0 aliphatic carbocycles. The van der Waals surface area contributed by atoms with Gasteiger partial charge in [0.25, 0.3) is 5.91 Å². The highest BCUT2D eigenvalue weighted by Gasteiger charge is 2.33. The molecule has 1 aromatic heterocycles. The Morgan fingerprint density at radius 2 is 1.81 bits per heavy atom. The zero-order valence-electron chi connectivity index (χ0n) is 15.3. The molecule has 4 rings (SSSR count). The first-order valence-corrected chi connectivity index (χ1v) is 9.48. The Morgan fingerprint density at radius 3 is 2.56 bits per heavy atom. The molecule has 8 nitrogen and oxygen atoms in total. The normalized spacial score (nSPS) is 17.0. The van der Waals surface area contributed by atoms with Crippen LogP contribution in [0.2, 0.25) is 0 Å². The molecule has 2 aliphatic heterocycles. The lowest BCUT2D eigenvalue weighted by Gasteiger charge is -2.38. The van der Waals surface area contributed by atoms with Crippen molar-refractivity contribution in [3.8, 4) is 0 Å². The zero-order valence-corrected chi connectivity index (χ0v) is 15.3. The molecule has 2 fully saturated rings. The zero-order chi connectivity index (χ0) is 18.6. The van der Waals surface area contributed by atoms with Crippen molar-refractivity contribution in [3.63, 3.8) is 0 Å². The van der Waals surface area contributed by atoms with E-state index in [0.29, 0.717) is 25.3 Å². The molecule has 0 atom stereocenters. The Bertz CT molecular complexity index is 794. The average molecular weight is 368 g/mol. The molecule has 1 N–H and O–H groups in total. The first-order valence-electron chi connectivity index (χ1n) is 9.48. The van der Waals surface area contributed by atoms with Crippen molar-refractivity contribution < 1.29 is 9.59 Å². The van der Waals surface area contributed by atoms with Crippen LogP contribution in [-0.4, -0.2) is 69.5 Å². The highest BCUT2D eigenvalue weighted by Crippen LogP contribution is 2.21. The second-order valence-corrected chi connectivity index (χ2v) is 7.11. The lowest BCUT2D eigenvalue weighted by molar-refractivity contribution is 0.0786. The van der Waals surface area contributed by atoms with Gasteiger partial charge in [0.1, 0.15) is 0 Å². The number of carbonyl (C=O) groups is 2. The third-order valence-corrected chi connectivity index (χ3v) is 5.18. The average Bonchev–Trinajstić information content (AvgIpc) is 3.33. The van der Waals surface area contributed by atoms with Crippen LogP contribution < -0.4 is 5.32 Å². The number of amides is 3. The maximum Gasteiger partial charge on any atom is 0.317 e. The third kappa shape index (κ3) is 3.94. The van der Waals surface area contributed by atoms with E-state index in [1.165, 1.54) is 5.56 Å². The summed E-state index contributed by atoms with van der Waals surface area (Å²) in [4.78, 5) is 28.1. The summed E-state index contributed by atoms with van der Waals surface area (Å²) < 4.78 is 1.71. The lowest BCUT2D eigenvalue weighted by atomic mass is 10.1. The van der Waals surface area contributed by atoms with Gasteiger partial charge in [-0.1, -0.05) is 35.5 Å². The number of urea groups is 1. The summed E-state index contributed by atoms with van der Waals surface area (Å²) >= 11 is 0. The standard InChI is InChI=1S/C19H24N6O2/c26-18(23-10-4-5-11-23)17-14-25(22-21-17)16-12-24(13-16)19(27)20-9-8-15-6-2-1-3-7-15/h1-3,6-7,14,16H,4-5,8-13H2,(H,20,27). The van der Waals surface area contributed by atoms with Crippen LogP contribution in [0.25, 0.3) is 0 Å². The fourth-order valence-electron chi connectivity index (χ4n) is 3.49. The minimum Gasteiger partial charge on any atom is -0.338 e. The van der Waals surface area contributed by atoms with Crippen molar-refractivity contribution in [1.29, 1.82) is 0 Å². The van der Waals surface area contributed by atoms with E-state index in [2.05, 4.69) is 27.8 Å². The van der Waals surface area contributed by atoms with E-state index in [1.807, 2.05) is 23.1 Å². The van der Waals surface area contributed by atoms with Gasteiger partial charge in [0.2, 0.25) is 0 Å². The summed E-state index contributed by atoms with van der Waals surface area (Å²) in [5.74, 6) is -0.0476. The van der Waals surface area contributed by atoms with Crippen LogP contribution in [0.1, 0.15) is 34.9 Å². The molecule has 0 saturated carbocycles. The van der Waals surface area contributed by atoms with Crippen molar-refractivity contribution >= 4 is 11.9 Å². The molecule has 8 heteroatoms. The van der Waals surface area contributed by atoms with Gasteiger partial charge in [-0.05, 0) is 24.8 Å². The molecular formula is C19H24N6O2. The van der Waals surface area contributed by atoms with Gasteiger partial charge >= 0.3 is 6.03 Å². The van der Waals surface area contributed by atoms with Crippen molar-refractivity contribution in [2.24, 2.45) is 0 Å². The molecule has 3 amide bonds. The number of nitrogens with zero attached hydrogens (tertiary/aromatic N) is 5. The minimum absolute atomic E-state index is 0.0476. The molecule has 2 saturated heterocycles. The minimum atomic E-state index is -0.0596. The van der Waals surface area contributed by atoms with Gasteiger partial charge in [-0.2, -0.15) is 0 Å². The number of rotatable bonds is 5. The molecule has 0 radical (unpaired) electrons. The fourth-order valence-corrected chi connectivity index (χ4v) is 3.49. The van der Waals surface area contributed by atoms with Crippen molar-refractivity contribution in [2.75, 3.05) is 32.7 Å². The van der Waals surface area contributed by atoms with Crippen molar-refractivity contribution in [3.05, 3.63) is 47.8 Å². The highest BCUT2D eigenvalue weighted by atomic mass is 16.2. The monoisotopic (exact) mass is 368 g/mol. The van der Waals surface area contributed by atoms with Crippen LogP contribution in [-0.2, 0) is 6.42 Å². The van der Waals surface area contributed by atoms with Gasteiger partial charge in [0.15, 0.2) is 5.69 Å². The van der Waals surface area contributed by atoms with Gasteiger partial charge < -0.3 is 15.1 Å². The number of carbonyl (C=O) groups excluding carboxylic acids is 2. The Morgan fingerprint density at radius 1 is 1.07 bits per heavy atom. The molecule has 142 valence electrons. The molecule has 2 aromatic rings. The van der Waals surface area contributed by atoms with E-state index in [0.717, 1.165) is 32.4 Å². The van der Waals surface area contributed by atoms with E-state index in [-0.39, 0.29) is 18.0 Å². The SMILES string of the molecule is O=C(NCCc1ccccc1)N1CC(n2cc(C(=O)N3CCCC3)nn2)C1. The van der Waals surface area contributed by atoms with E-state index in [4.69, 9.17) is 0 Å². The molecular weight excluding hydrogens is 344 g/mol. The van der Waals surface area contributed by atoms with Gasteiger partial charge in [-0.15, -0.1) is 5.10 Å². The summed E-state index contributed by atoms with van der Waals surface area (Å²) in [5.41, 5.74) is 1.60. The number of nitrogens with one attached hydrogen (secondary N) is 1. The molecule has 3 heterocycles. The molecule has 2 aliphatic rings. The smallest absolute Gasteiger partial charge is 0.317 e. The second-order valence-electron chi connectivity index (χ2n) is 7.11. The summed E-state index contributed by atoms with van der Waals surface area (Å²) in [6, 6.07) is 10.1. The maximum absolute atomic E-state index is 12.3. The molecule has 1 aromatic carbocycles. The highest BCUT2D eigenvalue weighted by molar-refractivity contribution is 5.92. The van der Waals surface area contributed by atoms with E-state index in [1.54, 1.807) is 15.8 Å². The first-order chi connectivity index (χ1) is 13.2. The van der Waals surface area contributed by atoms with Crippen LogP contribution in [0.5, 0.6) is 0 Å². The molecule has 0 unspecified atom stereocenters. The van der Waals surface area contributed by atoms with Crippen molar-refractivity contribution in [1.82, 2.24) is 30.1 Å². The van der Waals surface area contributed by atoms with E-state index >= 15 is 0 Å². The largest absolute Gasteiger partial charge is 0.338 e. The Hall–Kier alpha value is -2.90. The quantitative estimate of drug-likeness (QED) is 0.863. The summed E-state index contributed by atoms with van der Waals surface area (Å²) in [7, 11) is 0. The Balaban J connectivity index is 1.22. The second kappa shape index (κ2) is 7.77. The van der Waals surface area contributed by atoms with Gasteiger partial charge in [-0.25, -0.2) is 9.48 Å². The lowest BCUT2D eigenvalue weighted by Crippen LogP contribution is -2.54. The summed E-state index contributed by atoms with van der Waals surface area (Å²) in [6.07, 6.45) is 4.62. The fraction of sp³-hybridized carbons (Fsp3) is 0.474. The number of hydrogen-bond donors (Lipinski definition) is 1. The first kappa shape index (κ1) is 17.5. The van der Waals surface area contributed by atoms with Gasteiger partial charge in [-0.3, -0.25) is 4.79 Å². The van der Waals surface area contributed by atoms with E-state index in [9.17, 15) is 9.59 Å². The van der Waals surface area contributed by atoms with Crippen LogP contribution in [0.15, 0.2) is 36.5 Å². The number of benzene rings is 1. The van der Waals surface area contributed by atoms with Crippen LogP contribution in [0, 0.1) is 0 Å². The molecule has 0 bridgehead atoms. The predicted octanol–water partition coefficient (Wildman–Crippen LogP) is 1.32. The Kier molecular flexibility index (Phi) is 5.04. The summed E-state index contributed by atoms with van der Waals surface area (Å²) in [6.45, 7) is 3.37. The molecule has 27 heavy (non-hydrogen) atoms. The van der Waals surface area contributed by atoms with Gasteiger partial charge in [0.05, 0.1) is 12.2 Å². The van der Waals surface area contributed by atoms with Gasteiger partial charge in [0, 0.05) is 32.7 Å². The number of aromatic nitrogens is 3. The number of likely N-dealkylation sites (tertiary alicyclic amines) is 2. The topological polar surface area (TPSA) is 83.4 Å². The predicted molar refractivity (Wildman–Crippen MR) is 99.3 cm³/mol. The maximum atomic E-state index is 12.3. The number of hydrogen-bond acceptors (Lipinski definition) is 4. The molecule has 0 spiro atoms. The summed E-state index contributed by atoms with van der Waals surface area (Å²) in [5, 5.41) is 11.1. The third-order valence-electron chi connectivity index (χ3n) is 5.18.